The maximum Gasteiger partial charge on any atom is 0.251 e. The number of hydrogen-bond donors (Lipinski definition) is 1. The van der Waals surface area contributed by atoms with E-state index >= 15 is 0 Å². The van der Waals surface area contributed by atoms with Crippen molar-refractivity contribution in [2.24, 2.45) is 5.92 Å². The van der Waals surface area contributed by atoms with Crippen LogP contribution in [0.2, 0.25) is 0 Å². The highest BCUT2D eigenvalue weighted by Crippen LogP contribution is 2.34. The van der Waals surface area contributed by atoms with Gasteiger partial charge in [-0.1, -0.05) is 19.8 Å². The average Bonchev–Trinajstić information content (AvgIpc) is 3.15. The first-order valence-corrected chi connectivity index (χ1v) is 7.15. The maximum atomic E-state index is 13.1. The van der Waals surface area contributed by atoms with Crippen LogP contribution < -0.4 is 5.32 Å². The molecule has 1 aromatic rings. The van der Waals surface area contributed by atoms with Crippen LogP contribution in [0.4, 0.5) is 4.39 Å². The first-order chi connectivity index (χ1) is 8.60. The molecule has 0 saturated heterocycles. The molecule has 1 aliphatic carbocycles. The number of hydrogen-bond acceptors (Lipinski definition) is 1. The molecule has 4 heteroatoms. The van der Waals surface area contributed by atoms with Gasteiger partial charge in [0.05, 0.1) is 4.47 Å². The van der Waals surface area contributed by atoms with Gasteiger partial charge in [-0.15, -0.1) is 0 Å². The molecule has 1 fully saturated rings. The Kier molecular flexibility index (Phi) is 4.38. The lowest BCUT2D eigenvalue weighted by Crippen LogP contribution is -2.34. The van der Waals surface area contributed by atoms with Crippen LogP contribution in [0.15, 0.2) is 22.7 Å². The van der Waals surface area contributed by atoms with Crippen LogP contribution in [-0.2, 0) is 0 Å². The molecular weight excluding hydrogens is 297 g/mol. The van der Waals surface area contributed by atoms with Crippen LogP contribution in [-0.4, -0.2) is 11.9 Å². The molecule has 1 N–H and O–H groups in total. The summed E-state index contributed by atoms with van der Waals surface area (Å²) in [5.41, 5.74) is 0.498. The Bertz CT molecular complexity index is 445. The van der Waals surface area contributed by atoms with Crippen LogP contribution in [0.25, 0.3) is 0 Å². The molecule has 0 bridgehead atoms. The average molecular weight is 314 g/mol. The van der Waals surface area contributed by atoms with E-state index in [9.17, 15) is 9.18 Å². The molecule has 1 amide bonds. The predicted molar refractivity (Wildman–Crippen MR) is 73.0 cm³/mol. The summed E-state index contributed by atoms with van der Waals surface area (Å²) < 4.78 is 13.4. The van der Waals surface area contributed by atoms with E-state index in [4.69, 9.17) is 0 Å². The summed E-state index contributed by atoms with van der Waals surface area (Å²) in [7, 11) is 0. The number of halogens is 2. The Morgan fingerprint density at radius 3 is 2.83 bits per heavy atom. The van der Waals surface area contributed by atoms with Gasteiger partial charge in [0.25, 0.3) is 5.91 Å². The molecule has 18 heavy (non-hydrogen) atoms. The predicted octanol–water partition coefficient (Wildman–Crippen LogP) is 3.90. The third-order valence-corrected chi connectivity index (χ3v) is 3.93. The SMILES string of the molecule is CCC(CC1CC1)NC(=O)c1ccc(F)c(Br)c1. The monoisotopic (exact) mass is 313 g/mol. The van der Waals surface area contributed by atoms with Gasteiger partial charge in [0.1, 0.15) is 5.82 Å². The second-order valence-electron chi connectivity index (χ2n) is 4.89. The molecule has 0 spiro atoms. The molecule has 1 aliphatic rings. The lowest BCUT2D eigenvalue weighted by Gasteiger charge is -2.16. The zero-order valence-electron chi connectivity index (χ0n) is 10.4. The van der Waals surface area contributed by atoms with E-state index in [0.717, 1.165) is 18.8 Å². The van der Waals surface area contributed by atoms with Gasteiger partial charge in [0.2, 0.25) is 0 Å². The van der Waals surface area contributed by atoms with E-state index in [1.807, 2.05) is 0 Å². The van der Waals surface area contributed by atoms with Crippen LogP contribution in [0.3, 0.4) is 0 Å². The number of rotatable bonds is 5. The van der Waals surface area contributed by atoms with Crippen molar-refractivity contribution in [1.29, 1.82) is 0 Å². The van der Waals surface area contributed by atoms with E-state index in [2.05, 4.69) is 28.2 Å². The Labute approximate surface area is 115 Å². The first-order valence-electron chi connectivity index (χ1n) is 6.36. The Balaban J connectivity index is 1.98. The highest BCUT2D eigenvalue weighted by molar-refractivity contribution is 9.10. The number of nitrogens with one attached hydrogen (secondary N) is 1. The summed E-state index contributed by atoms with van der Waals surface area (Å²) in [6, 6.07) is 4.57. The topological polar surface area (TPSA) is 29.1 Å². The minimum Gasteiger partial charge on any atom is -0.349 e. The summed E-state index contributed by atoms with van der Waals surface area (Å²) in [6.45, 7) is 2.08. The molecule has 0 heterocycles. The van der Waals surface area contributed by atoms with Crippen molar-refractivity contribution < 1.29 is 9.18 Å². The van der Waals surface area contributed by atoms with Gasteiger partial charge < -0.3 is 5.32 Å². The number of carbonyl (C=O) groups is 1. The summed E-state index contributed by atoms with van der Waals surface area (Å²) in [5, 5.41) is 3.02. The number of carbonyl (C=O) groups excluding carboxylic acids is 1. The van der Waals surface area contributed by atoms with Gasteiger partial charge >= 0.3 is 0 Å². The third kappa shape index (κ3) is 3.55. The number of benzene rings is 1. The van der Waals surface area contributed by atoms with Crippen molar-refractivity contribution in [3.63, 3.8) is 0 Å². The summed E-state index contributed by atoms with van der Waals surface area (Å²) in [6.07, 6.45) is 4.57. The van der Waals surface area contributed by atoms with Gasteiger partial charge in [-0.25, -0.2) is 4.39 Å². The van der Waals surface area contributed by atoms with E-state index in [1.54, 1.807) is 0 Å². The second kappa shape index (κ2) is 5.83. The minimum absolute atomic E-state index is 0.122. The Morgan fingerprint density at radius 2 is 2.28 bits per heavy atom. The van der Waals surface area contributed by atoms with Crippen molar-refractivity contribution in [3.8, 4) is 0 Å². The summed E-state index contributed by atoms with van der Waals surface area (Å²) in [5.74, 6) is 0.315. The normalized spacial score (nSPS) is 16.4. The molecular formula is C14H17BrFNO. The summed E-state index contributed by atoms with van der Waals surface area (Å²) >= 11 is 3.09. The molecule has 1 atom stereocenters. The van der Waals surface area contributed by atoms with Crippen LogP contribution >= 0.6 is 15.9 Å². The van der Waals surface area contributed by atoms with Gasteiger partial charge in [-0.3, -0.25) is 4.79 Å². The molecule has 1 aromatic carbocycles. The van der Waals surface area contributed by atoms with Crippen molar-refractivity contribution in [2.45, 2.75) is 38.6 Å². The highest BCUT2D eigenvalue weighted by Gasteiger charge is 2.25. The van der Waals surface area contributed by atoms with Crippen molar-refractivity contribution in [1.82, 2.24) is 5.32 Å². The van der Waals surface area contributed by atoms with Gasteiger partial charge in [0.15, 0.2) is 0 Å². The Hall–Kier alpha value is -0.900. The fourth-order valence-corrected chi connectivity index (χ4v) is 2.37. The molecule has 98 valence electrons. The molecule has 0 aliphatic heterocycles. The standard InChI is InChI=1S/C14H17BrFNO/c1-2-11(7-9-3-4-9)17-14(18)10-5-6-13(16)12(15)8-10/h5-6,8-9,11H,2-4,7H2,1H3,(H,17,18). The lowest BCUT2D eigenvalue weighted by atomic mass is 10.1. The molecule has 1 unspecified atom stereocenters. The van der Waals surface area contributed by atoms with Gasteiger partial charge in [-0.2, -0.15) is 0 Å². The second-order valence-corrected chi connectivity index (χ2v) is 5.74. The molecule has 0 radical (unpaired) electrons. The van der Waals surface area contributed by atoms with Crippen molar-refractivity contribution in [2.75, 3.05) is 0 Å². The van der Waals surface area contributed by atoms with Crippen molar-refractivity contribution in [3.05, 3.63) is 34.1 Å². The quantitative estimate of drug-likeness (QED) is 0.877. The minimum atomic E-state index is -0.350. The zero-order valence-corrected chi connectivity index (χ0v) is 12.0. The lowest BCUT2D eigenvalue weighted by molar-refractivity contribution is 0.0932. The van der Waals surface area contributed by atoms with Gasteiger partial charge in [0, 0.05) is 11.6 Å². The van der Waals surface area contributed by atoms with Crippen molar-refractivity contribution >= 4 is 21.8 Å². The van der Waals surface area contributed by atoms with Crippen LogP contribution in [0.5, 0.6) is 0 Å². The molecule has 0 aromatic heterocycles. The Morgan fingerprint density at radius 1 is 1.56 bits per heavy atom. The first kappa shape index (κ1) is 13.5. The fourth-order valence-electron chi connectivity index (χ4n) is 1.99. The van der Waals surface area contributed by atoms with Gasteiger partial charge in [-0.05, 0) is 52.9 Å². The van der Waals surface area contributed by atoms with E-state index in [0.29, 0.717) is 10.0 Å². The van der Waals surface area contributed by atoms with E-state index in [1.165, 1.54) is 31.0 Å². The zero-order chi connectivity index (χ0) is 13.1. The number of amides is 1. The molecule has 2 rings (SSSR count). The van der Waals surface area contributed by atoms with Crippen LogP contribution in [0.1, 0.15) is 43.0 Å². The highest BCUT2D eigenvalue weighted by atomic mass is 79.9. The fraction of sp³-hybridized carbons (Fsp3) is 0.500. The molecule has 2 nitrogen and oxygen atoms in total. The smallest absolute Gasteiger partial charge is 0.251 e. The molecule has 1 saturated carbocycles. The van der Waals surface area contributed by atoms with Crippen LogP contribution in [0, 0.1) is 11.7 Å². The maximum absolute atomic E-state index is 13.1. The van der Waals surface area contributed by atoms with E-state index < -0.39 is 0 Å². The summed E-state index contributed by atoms with van der Waals surface area (Å²) in [4.78, 5) is 12.0. The largest absolute Gasteiger partial charge is 0.349 e. The van der Waals surface area contributed by atoms with E-state index in [-0.39, 0.29) is 17.8 Å². The third-order valence-electron chi connectivity index (χ3n) is 3.32.